The molecule has 1 aliphatic rings. The fourth-order valence-electron chi connectivity index (χ4n) is 3.47. The minimum absolute atomic E-state index is 0.0398. The smallest absolute Gasteiger partial charge is 0.303 e. The molecule has 0 spiro atoms. The van der Waals surface area contributed by atoms with Crippen molar-refractivity contribution >= 4 is 11.9 Å². The maximum atomic E-state index is 13.0. The van der Waals surface area contributed by atoms with E-state index in [4.69, 9.17) is 5.11 Å². The number of carboxylic acid groups (broad SMARTS) is 1. The summed E-state index contributed by atoms with van der Waals surface area (Å²) >= 11 is 0. The predicted molar refractivity (Wildman–Crippen MR) is 94.6 cm³/mol. The minimum Gasteiger partial charge on any atom is -0.481 e. The molecule has 0 aliphatic carbocycles. The molecule has 26 heavy (non-hydrogen) atoms. The third-order valence-corrected chi connectivity index (χ3v) is 4.74. The van der Waals surface area contributed by atoms with Crippen LogP contribution in [0.15, 0.2) is 12.1 Å². The summed E-state index contributed by atoms with van der Waals surface area (Å²) in [6.45, 7) is 7.65. The quantitative estimate of drug-likeness (QED) is 0.877. The molecule has 3 heterocycles. The zero-order valence-corrected chi connectivity index (χ0v) is 15.5. The second kappa shape index (κ2) is 7.31. The number of rotatable bonds is 5. The Balaban J connectivity index is 1.74. The average Bonchev–Trinajstić information content (AvgIpc) is 3.06. The van der Waals surface area contributed by atoms with E-state index < -0.39 is 5.97 Å². The Morgan fingerprint density at radius 3 is 2.65 bits per heavy atom. The number of carboxylic acids is 1. The van der Waals surface area contributed by atoms with Gasteiger partial charge in [0.25, 0.3) is 0 Å². The lowest BCUT2D eigenvalue weighted by atomic mass is 10.2. The largest absolute Gasteiger partial charge is 0.481 e. The average molecular weight is 359 g/mol. The van der Waals surface area contributed by atoms with Gasteiger partial charge in [0.1, 0.15) is 6.04 Å². The normalized spacial score (nSPS) is 15.4. The third-order valence-electron chi connectivity index (χ3n) is 4.74. The van der Waals surface area contributed by atoms with E-state index in [0.717, 1.165) is 35.7 Å². The van der Waals surface area contributed by atoms with Crippen LogP contribution in [0.1, 0.15) is 48.6 Å². The summed E-state index contributed by atoms with van der Waals surface area (Å²) in [5.41, 5.74) is 3.60. The van der Waals surface area contributed by atoms with E-state index in [1.807, 2.05) is 42.5 Å². The number of aryl methyl sites for hydroxylation is 4. The van der Waals surface area contributed by atoms with E-state index in [0.29, 0.717) is 19.5 Å². The Labute approximate surface area is 152 Å². The van der Waals surface area contributed by atoms with Crippen LogP contribution in [0.3, 0.4) is 0 Å². The molecule has 0 saturated carbocycles. The summed E-state index contributed by atoms with van der Waals surface area (Å²) in [5, 5.41) is 17.8. The molecule has 2 aromatic rings. The first-order valence-corrected chi connectivity index (χ1v) is 8.94. The van der Waals surface area contributed by atoms with Crippen LogP contribution < -0.4 is 0 Å². The van der Waals surface area contributed by atoms with Gasteiger partial charge in [0, 0.05) is 25.2 Å². The molecular weight excluding hydrogens is 334 g/mol. The van der Waals surface area contributed by atoms with Crippen molar-refractivity contribution in [2.24, 2.45) is 0 Å². The molecule has 0 saturated heterocycles. The van der Waals surface area contributed by atoms with Gasteiger partial charge in [0.2, 0.25) is 5.91 Å². The van der Waals surface area contributed by atoms with Gasteiger partial charge >= 0.3 is 5.97 Å². The van der Waals surface area contributed by atoms with Gasteiger partial charge in [0.05, 0.1) is 30.0 Å². The zero-order valence-electron chi connectivity index (χ0n) is 15.5. The molecule has 0 fully saturated rings. The van der Waals surface area contributed by atoms with Crippen molar-refractivity contribution in [1.29, 1.82) is 0 Å². The summed E-state index contributed by atoms with van der Waals surface area (Å²) in [6, 6.07) is 3.53. The molecular formula is C18H25N5O3. The number of amides is 1. The lowest BCUT2D eigenvalue weighted by Gasteiger charge is -2.24. The van der Waals surface area contributed by atoms with Crippen molar-refractivity contribution in [3.63, 3.8) is 0 Å². The Morgan fingerprint density at radius 2 is 2.00 bits per heavy atom. The van der Waals surface area contributed by atoms with Crippen LogP contribution in [0.25, 0.3) is 0 Å². The maximum Gasteiger partial charge on any atom is 0.303 e. The van der Waals surface area contributed by atoms with Crippen LogP contribution in [0.2, 0.25) is 0 Å². The summed E-state index contributed by atoms with van der Waals surface area (Å²) < 4.78 is 3.68. The fraction of sp³-hybridized carbons (Fsp3) is 0.556. The Bertz CT molecular complexity index is 823. The summed E-state index contributed by atoms with van der Waals surface area (Å²) in [5.74, 6) is -0.790. The molecule has 8 nitrogen and oxygen atoms in total. The van der Waals surface area contributed by atoms with E-state index in [9.17, 15) is 9.59 Å². The Hall–Kier alpha value is -2.64. The van der Waals surface area contributed by atoms with Gasteiger partial charge in [-0.1, -0.05) is 0 Å². The third kappa shape index (κ3) is 3.79. The first-order valence-electron chi connectivity index (χ1n) is 8.94. The van der Waals surface area contributed by atoms with E-state index in [1.54, 1.807) is 4.68 Å². The molecule has 1 amide bonds. The first kappa shape index (κ1) is 18.2. The molecule has 140 valence electrons. The molecule has 2 aromatic heterocycles. The highest BCUT2D eigenvalue weighted by molar-refractivity contribution is 5.80. The SMILES string of the molecule is Cc1cc(C)n([C@H](C)C(=O)N2CCCn3nc(CCC(=O)O)cc3C2)n1. The summed E-state index contributed by atoms with van der Waals surface area (Å²) in [4.78, 5) is 25.6. The molecule has 1 atom stereocenters. The van der Waals surface area contributed by atoms with Gasteiger partial charge in [-0.05, 0) is 39.3 Å². The van der Waals surface area contributed by atoms with E-state index >= 15 is 0 Å². The van der Waals surface area contributed by atoms with Crippen molar-refractivity contribution in [3.8, 4) is 0 Å². The topological polar surface area (TPSA) is 93.2 Å². The standard InChI is InChI=1S/C18H25N5O3/c1-12-9-13(2)23(19-12)14(3)18(26)21-7-4-8-22-16(11-21)10-15(20-22)5-6-17(24)25/h9-10,14H,4-8,11H2,1-3H3,(H,24,25)/t14-/m1/s1. The first-order chi connectivity index (χ1) is 12.3. The molecule has 0 unspecified atom stereocenters. The van der Waals surface area contributed by atoms with E-state index in [2.05, 4.69) is 10.2 Å². The van der Waals surface area contributed by atoms with Gasteiger partial charge < -0.3 is 10.0 Å². The number of carbonyl (C=O) groups excluding carboxylic acids is 1. The van der Waals surface area contributed by atoms with Crippen LogP contribution in [0.5, 0.6) is 0 Å². The maximum absolute atomic E-state index is 13.0. The lowest BCUT2D eigenvalue weighted by molar-refractivity contribution is -0.137. The van der Waals surface area contributed by atoms with Gasteiger partial charge in [0.15, 0.2) is 0 Å². The number of fused-ring (bicyclic) bond motifs is 1. The number of aromatic nitrogens is 4. The molecule has 1 N–H and O–H groups in total. The highest BCUT2D eigenvalue weighted by atomic mass is 16.4. The summed E-state index contributed by atoms with van der Waals surface area (Å²) in [6.07, 6.45) is 1.29. The fourth-order valence-corrected chi connectivity index (χ4v) is 3.47. The number of carbonyl (C=O) groups is 2. The van der Waals surface area contributed by atoms with Crippen molar-refractivity contribution < 1.29 is 14.7 Å². The molecule has 0 radical (unpaired) electrons. The van der Waals surface area contributed by atoms with Crippen LogP contribution >= 0.6 is 0 Å². The lowest BCUT2D eigenvalue weighted by Crippen LogP contribution is -2.36. The number of hydrogen-bond acceptors (Lipinski definition) is 4. The van der Waals surface area contributed by atoms with E-state index in [1.165, 1.54) is 0 Å². The van der Waals surface area contributed by atoms with E-state index in [-0.39, 0.29) is 18.4 Å². The van der Waals surface area contributed by atoms with Crippen molar-refractivity contribution in [2.75, 3.05) is 6.54 Å². The Kier molecular flexibility index (Phi) is 5.11. The molecule has 3 rings (SSSR count). The van der Waals surface area contributed by atoms with Crippen LogP contribution in [0, 0.1) is 13.8 Å². The van der Waals surface area contributed by atoms with Gasteiger partial charge in [-0.2, -0.15) is 10.2 Å². The molecule has 0 aromatic carbocycles. The highest BCUT2D eigenvalue weighted by Crippen LogP contribution is 2.19. The van der Waals surface area contributed by atoms with Crippen LogP contribution in [-0.4, -0.2) is 48.0 Å². The van der Waals surface area contributed by atoms with Gasteiger partial charge in [-0.3, -0.25) is 19.0 Å². The predicted octanol–water partition coefficient (Wildman–Crippen LogP) is 1.71. The van der Waals surface area contributed by atoms with Gasteiger partial charge in [-0.25, -0.2) is 0 Å². The molecule has 0 bridgehead atoms. The number of aliphatic carboxylic acids is 1. The Morgan fingerprint density at radius 1 is 1.23 bits per heavy atom. The van der Waals surface area contributed by atoms with Crippen molar-refractivity contribution in [3.05, 3.63) is 34.9 Å². The zero-order chi connectivity index (χ0) is 18.8. The summed E-state index contributed by atoms with van der Waals surface area (Å²) in [7, 11) is 0. The van der Waals surface area contributed by atoms with Crippen LogP contribution in [0.4, 0.5) is 0 Å². The minimum atomic E-state index is -0.830. The molecule has 8 heteroatoms. The monoisotopic (exact) mass is 359 g/mol. The highest BCUT2D eigenvalue weighted by Gasteiger charge is 2.26. The van der Waals surface area contributed by atoms with Crippen molar-refractivity contribution in [2.45, 2.75) is 59.2 Å². The second-order valence-electron chi connectivity index (χ2n) is 6.90. The van der Waals surface area contributed by atoms with Gasteiger partial charge in [-0.15, -0.1) is 0 Å². The van der Waals surface area contributed by atoms with Crippen LogP contribution in [-0.2, 0) is 29.1 Å². The number of hydrogen-bond donors (Lipinski definition) is 1. The molecule has 1 aliphatic heterocycles. The number of nitrogens with zero attached hydrogens (tertiary/aromatic N) is 5. The second-order valence-corrected chi connectivity index (χ2v) is 6.90. The van der Waals surface area contributed by atoms with Crippen molar-refractivity contribution in [1.82, 2.24) is 24.5 Å².